The normalized spacial score (nSPS) is 11.6. The lowest BCUT2D eigenvalue weighted by molar-refractivity contribution is -0.126. The van der Waals surface area contributed by atoms with E-state index in [2.05, 4.69) is 20.5 Å². The number of Topliss-reactive ketones (excluding diaryl/α,β-unsaturated/α-hetero) is 1. The molecule has 0 saturated carbocycles. The molecular formula is C22H16ClF4N3O5. The van der Waals surface area contributed by atoms with Gasteiger partial charge in [0.05, 0.1) is 11.6 Å². The summed E-state index contributed by atoms with van der Waals surface area (Å²) >= 11 is 6.07. The van der Waals surface area contributed by atoms with Crippen molar-refractivity contribution >= 4 is 29.2 Å². The number of hydrogen-bond donors (Lipinski definition) is 2. The summed E-state index contributed by atoms with van der Waals surface area (Å²) in [5.41, 5.74) is 0.378. The Morgan fingerprint density at radius 3 is 2.40 bits per heavy atom. The van der Waals surface area contributed by atoms with Crippen molar-refractivity contribution in [3.8, 4) is 17.1 Å². The molecule has 0 fully saturated rings. The van der Waals surface area contributed by atoms with Gasteiger partial charge in [0, 0.05) is 17.7 Å². The van der Waals surface area contributed by atoms with Crippen molar-refractivity contribution in [2.45, 2.75) is 13.0 Å². The van der Waals surface area contributed by atoms with Gasteiger partial charge in [-0.05, 0) is 19.1 Å². The Morgan fingerprint density at radius 2 is 1.74 bits per heavy atom. The van der Waals surface area contributed by atoms with Crippen LogP contribution < -0.4 is 15.4 Å². The van der Waals surface area contributed by atoms with Crippen molar-refractivity contribution in [3.05, 3.63) is 70.4 Å². The Bertz CT molecular complexity index is 1260. The molecule has 0 bridgehead atoms. The van der Waals surface area contributed by atoms with Crippen molar-refractivity contribution in [1.29, 1.82) is 0 Å². The lowest BCUT2D eigenvalue weighted by Gasteiger charge is -2.13. The van der Waals surface area contributed by atoms with Gasteiger partial charge in [-0.15, -0.1) is 0 Å². The fourth-order valence-electron chi connectivity index (χ4n) is 2.73. The van der Waals surface area contributed by atoms with E-state index in [-0.39, 0.29) is 17.5 Å². The van der Waals surface area contributed by atoms with E-state index in [9.17, 15) is 31.9 Å². The second-order valence-electron chi connectivity index (χ2n) is 7.09. The van der Waals surface area contributed by atoms with Crippen molar-refractivity contribution < 1.29 is 41.2 Å². The molecule has 35 heavy (non-hydrogen) atoms. The smallest absolute Gasteiger partial charge is 0.274 e. The predicted molar refractivity (Wildman–Crippen MR) is 114 cm³/mol. The van der Waals surface area contributed by atoms with Crippen LogP contribution in [0.1, 0.15) is 17.4 Å². The first-order valence-electron chi connectivity index (χ1n) is 9.86. The lowest BCUT2D eigenvalue weighted by atomic mass is 10.1. The van der Waals surface area contributed by atoms with E-state index < -0.39 is 65.8 Å². The summed E-state index contributed by atoms with van der Waals surface area (Å²) in [7, 11) is 0. The number of rotatable bonds is 9. The number of carbonyl (C=O) groups is 3. The summed E-state index contributed by atoms with van der Waals surface area (Å²) in [5, 5.41) is 8.56. The van der Waals surface area contributed by atoms with Crippen molar-refractivity contribution in [3.63, 3.8) is 0 Å². The average molecular weight is 514 g/mol. The number of halogens is 5. The van der Waals surface area contributed by atoms with Crippen LogP contribution in [0.3, 0.4) is 0 Å². The first-order valence-corrected chi connectivity index (χ1v) is 10.2. The van der Waals surface area contributed by atoms with E-state index >= 15 is 0 Å². The Labute approximate surface area is 200 Å². The molecule has 0 aliphatic carbocycles. The maximum absolute atomic E-state index is 13.5. The fraction of sp³-hybridized carbons (Fsp3) is 0.182. The molecule has 3 rings (SSSR count). The topological polar surface area (TPSA) is 111 Å². The van der Waals surface area contributed by atoms with Crippen LogP contribution in [-0.2, 0) is 9.59 Å². The molecule has 13 heteroatoms. The molecule has 0 spiro atoms. The molecule has 0 unspecified atom stereocenters. The van der Waals surface area contributed by atoms with Gasteiger partial charge in [0.25, 0.3) is 5.91 Å². The zero-order valence-electron chi connectivity index (χ0n) is 17.8. The summed E-state index contributed by atoms with van der Waals surface area (Å²) in [5.74, 6) is -10.6. The van der Waals surface area contributed by atoms with Crippen LogP contribution in [0.4, 0.5) is 17.6 Å². The van der Waals surface area contributed by atoms with Crippen LogP contribution in [-0.4, -0.2) is 41.9 Å². The van der Waals surface area contributed by atoms with Gasteiger partial charge in [0.2, 0.25) is 17.5 Å². The van der Waals surface area contributed by atoms with Gasteiger partial charge in [-0.2, -0.15) is 8.78 Å². The lowest BCUT2D eigenvalue weighted by Crippen LogP contribution is -2.46. The third kappa shape index (κ3) is 6.15. The maximum atomic E-state index is 13.5. The van der Waals surface area contributed by atoms with Crippen molar-refractivity contribution in [2.75, 3.05) is 13.2 Å². The van der Waals surface area contributed by atoms with Crippen LogP contribution in [0.5, 0.6) is 5.75 Å². The zero-order valence-corrected chi connectivity index (χ0v) is 18.6. The highest BCUT2D eigenvalue weighted by Crippen LogP contribution is 2.28. The molecule has 0 aliphatic heterocycles. The molecule has 3 aromatic rings. The maximum Gasteiger partial charge on any atom is 0.274 e. The number of benzene rings is 2. The number of hydrogen-bond acceptors (Lipinski definition) is 6. The predicted octanol–water partition coefficient (Wildman–Crippen LogP) is 3.43. The van der Waals surface area contributed by atoms with Crippen molar-refractivity contribution in [1.82, 2.24) is 15.8 Å². The van der Waals surface area contributed by atoms with Crippen LogP contribution in [0, 0.1) is 23.3 Å². The standard InChI is InChI=1S/C22H16ClF4N3O5/c1-10(29-22(33)16-7-17(35-30-16)12-4-2-3-5-13(12)23)21(32)28-8-11(31)9-34-20-18(26)14(24)6-15(25)19(20)27/h2-7,10H,8-9H2,1H3,(H,28,32)(H,29,33)/t10-/m0/s1. The Hall–Kier alpha value is -3.93. The molecule has 184 valence electrons. The minimum atomic E-state index is -1.80. The first kappa shape index (κ1) is 25.7. The van der Waals surface area contributed by atoms with Crippen LogP contribution in [0.15, 0.2) is 40.9 Å². The van der Waals surface area contributed by atoms with Gasteiger partial charge >= 0.3 is 0 Å². The third-order valence-electron chi connectivity index (χ3n) is 4.53. The van der Waals surface area contributed by atoms with Gasteiger partial charge in [0.15, 0.2) is 34.6 Å². The highest BCUT2D eigenvalue weighted by Gasteiger charge is 2.23. The Kier molecular flexibility index (Phi) is 8.07. The second kappa shape index (κ2) is 11.0. The summed E-state index contributed by atoms with van der Waals surface area (Å²) < 4.78 is 63.1. The highest BCUT2D eigenvalue weighted by molar-refractivity contribution is 6.33. The fourth-order valence-corrected chi connectivity index (χ4v) is 2.96. The summed E-state index contributed by atoms with van der Waals surface area (Å²) in [4.78, 5) is 36.3. The molecule has 1 atom stereocenters. The minimum absolute atomic E-state index is 0.00801. The molecule has 2 N–H and O–H groups in total. The van der Waals surface area contributed by atoms with Gasteiger partial charge in [-0.3, -0.25) is 14.4 Å². The van der Waals surface area contributed by atoms with Gasteiger partial charge < -0.3 is 19.9 Å². The second-order valence-corrected chi connectivity index (χ2v) is 7.50. The average Bonchev–Trinajstić information content (AvgIpc) is 3.31. The SMILES string of the molecule is C[C@H](NC(=O)c1cc(-c2ccccc2Cl)on1)C(=O)NCC(=O)COc1c(F)c(F)cc(F)c1F. The van der Waals surface area contributed by atoms with Crippen LogP contribution >= 0.6 is 11.6 Å². The quantitative estimate of drug-likeness (QED) is 0.335. The molecule has 2 aromatic carbocycles. The monoisotopic (exact) mass is 513 g/mol. The number of ether oxygens (including phenoxy) is 1. The molecule has 1 heterocycles. The van der Waals surface area contributed by atoms with Crippen LogP contribution in [0.25, 0.3) is 11.3 Å². The molecule has 2 amide bonds. The minimum Gasteiger partial charge on any atom is -0.479 e. The third-order valence-corrected chi connectivity index (χ3v) is 4.86. The molecule has 0 aliphatic rings. The Balaban J connectivity index is 1.50. The van der Waals surface area contributed by atoms with E-state index in [4.69, 9.17) is 16.1 Å². The molecule has 1 aromatic heterocycles. The van der Waals surface area contributed by atoms with Crippen molar-refractivity contribution in [2.24, 2.45) is 0 Å². The van der Waals surface area contributed by atoms with E-state index in [1.165, 1.54) is 13.0 Å². The summed E-state index contributed by atoms with van der Waals surface area (Å²) in [6, 6.07) is 6.91. The highest BCUT2D eigenvalue weighted by atomic mass is 35.5. The zero-order chi connectivity index (χ0) is 25.7. The summed E-state index contributed by atoms with van der Waals surface area (Å²) in [6.07, 6.45) is 0. The molecular weight excluding hydrogens is 498 g/mol. The van der Waals surface area contributed by atoms with E-state index in [0.717, 1.165) is 0 Å². The van der Waals surface area contributed by atoms with E-state index in [1.54, 1.807) is 24.3 Å². The summed E-state index contributed by atoms with van der Waals surface area (Å²) in [6.45, 7) is -0.314. The molecule has 0 radical (unpaired) electrons. The number of amides is 2. The van der Waals surface area contributed by atoms with E-state index in [1.807, 2.05) is 0 Å². The largest absolute Gasteiger partial charge is 0.479 e. The number of aromatic nitrogens is 1. The van der Waals surface area contributed by atoms with Crippen LogP contribution in [0.2, 0.25) is 5.02 Å². The number of nitrogens with zero attached hydrogens (tertiary/aromatic N) is 1. The Morgan fingerprint density at radius 1 is 1.09 bits per heavy atom. The number of ketones is 1. The number of carbonyl (C=O) groups excluding carboxylic acids is 3. The van der Waals surface area contributed by atoms with Gasteiger partial charge in [-0.1, -0.05) is 28.9 Å². The number of nitrogens with one attached hydrogen (secondary N) is 2. The molecule has 0 saturated heterocycles. The van der Waals surface area contributed by atoms with Gasteiger partial charge in [-0.25, -0.2) is 8.78 Å². The van der Waals surface area contributed by atoms with Gasteiger partial charge in [0.1, 0.15) is 12.6 Å². The molecule has 8 nitrogen and oxygen atoms in total. The first-order chi connectivity index (χ1) is 16.6. The van der Waals surface area contributed by atoms with E-state index in [0.29, 0.717) is 10.6 Å².